The maximum absolute atomic E-state index is 11.9. The van der Waals surface area contributed by atoms with Crippen molar-refractivity contribution in [1.29, 1.82) is 0 Å². The Labute approximate surface area is 129 Å². The third-order valence-corrected chi connectivity index (χ3v) is 2.53. The Morgan fingerprint density at radius 3 is 2.09 bits per heavy atom. The van der Waals surface area contributed by atoms with E-state index in [0.29, 0.717) is 0 Å². The molecule has 8 heteroatoms. The number of carbonyl (C=O) groups excluding carboxylic acids is 3. The molecular formula is C14H24N2O6. The van der Waals surface area contributed by atoms with Crippen LogP contribution in [0.1, 0.15) is 47.5 Å². The Morgan fingerprint density at radius 2 is 1.68 bits per heavy atom. The molecule has 0 fully saturated rings. The number of nitrogens with one attached hydrogen (secondary N) is 2. The maximum Gasteiger partial charge on any atom is 0.408 e. The highest BCUT2D eigenvalue weighted by atomic mass is 16.6. The highest BCUT2D eigenvalue weighted by molar-refractivity contribution is 5.89. The van der Waals surface area contributed by atoms with E-state index >= 15 is 0 Å². The summed E-state index contributed by atoms with van der Waals surface area (Å²) >= 11 is 0. The standard InChI is InChI=1S/C14H24N2O6/c1-8(17)6-7-10(12(19)20)16-11(18)9(2)15-13(21)22-14(3,4)5/h9-10H,6-7H2,1-5H3,(H,15,21)(H,16,18)(H,19,20)/t9-,10?/m0/s1. The van der Waals surface area contributed by atoms with Crippen molar-refractivity contribution in [1.82, 2.24) is 10.6 Å². The number of carboxylic acids is 1. The summed E-state index contributed by atoms with van der Waals surface area (Å²) in [5.41, 5.74) is -0.703. The third-order valence-electron chi connectivity index (χ3n) is 2.53. The van der Waals surface area contributed by atoms with Crippen molar-refractivity contribution >= 4 is 23.8 Å². The number of rotatable bonds is 7. The summed E-state index contributed by atoms with van der Waals surface area (Å²) in [6.07, 6.45) is -0.730. The lowest BCUT2D eigenvalue weighted by Gasteiger charge is -2.22. The highest BCUT2D eigenvalue weighted by Crippen LogP contribution is 2.07. The lowest BCUT2D eigenvalue weighted by Crippen LogP contribution is -2.51. The van der Waals surface area contributed by atoms with Crippen LogP contribution in [0.3, 0.4) is 0 Å². The van der Waals surface area contributed by atoms with Crippen LogP contribution in [-0.2, 0) is 19.1 Å². The van der Waals surface area contributed by atoms with Gasteiger partial charge in [-0.1, -0.05) is 0 Å². The molecule has 1 unspecified atom stereocenters. The molecule has 0 aliphatic heterocycles. The minimum absolute atomic E-state index is 0.00440. The number of Topliss-reactive ketones (excluding diaryl/α,β-unsaturated/α-hetero) is 1. The zero-order chi connectivity index (χ0) is 17.5. The summed E-state index contributed by atoms with van der Waals surface area (Å²) in [5.74, 6) is -2.07. The van der Waals surface area contributed by atoms with Gasteiger partial charge >= 0.3 is 12.1 Å². The Bertz CT molecular complexity index is 441. The number of hydrogen-bond acceptors (Lipinski definition) is 5. The molecule has 0 radical (unpaired) electrons. The van der Waals surface area contributed by atoms with E-state index in [1.807, 2.05) is 0 Å². The molecule has 3 N–H and O–H groups in total. The van der Waals surface area contributed by atoms with Gasteiger partial charge in [-0.25, -0.2) is 9.59 Å². The molecule has 0 aliphatic carbocycles. The van der Waals surface area contributed by atoms with E-state index in [2.05, 4.69) is 10.6 Å². The Hall–Kier alpha value is -2.12. The zero-order valence-corrected chi connectivity index (χ0v) is 13.6. The molecule has 0 bridgehead atoms. The second-order valence-corrected chi connectivity index (χ2v) is 6.01. The molecule has 0 aliphatic rings. The van der Waals surface area contributed by atoms with Crippen LogP contribution < -0.4 is 10.6 Å². The van der Waals surface area contributed by atoms with Crippen LogP contribution in [0.4, 0.5) is 4.79 Å². The number of aliphatic carboxylic acids is 1. The van der Waals surface area contributed by atoms with Gasteiger partial charge in [-0.05, 0) is 41.0 Å². The SMILES string of the molecule is CC(=O)CCC(NC(=O)[C@H](C)NC(=O)OC(C)(C)C)C(=O)O. The minimum atomic E-state index is -1.24. The summed E-state index contributed by atoms with van der Waals surface area (Å²) in [7, 11) is 0. The van der Waals surface area contributed by atoms with E-state index in [1.165, 1.54) is 13.8 Å². The van der Waals surface area contributed by atoms with Gasteiger partial charge in [-0.3, -0.25) is 4.79 Å². The van der Waals surface area contributed by atoms with E-state index in [-0.39, 0.29) is 18.6 Å². The lowest BCUT2D eigenvalue weighted by atomic mass is 10.1. The van der Waals surface area contributed by atoms with Gasteiger partial charge in [0.15, 0.2) is 0 Å². The molecule has 2 amide bonds. The van der Waals surface area contributed by atoms with Crippen LogP contribution >= 0.6 is 0 Å². The third kappa shape index (κ3) is 8.93. The second-order valence-electron chi connectivity index (χ2n) is 6.01. The number of hydrogen-bond donors (Lipinski definition) is 3. The summed E-state index contributed by atoms with van der Waals surface area (Å²) in [6.45, 7) is 7.79. The first-order chi connectivity index (χ1) is 9.92. The van der Waals surface area contributed by atoms with Gasteiger partial charge in [0.2, 0.25) is 5.91 Å². The van der Waals surface area contributed by atoms with Gasteiger partial charge in [0, 0.05) is 6.42 Å². The largest absolute Gasteiger partial charge is 0.480 e. The quantitative estimate of drug-likeness (QED) is 0.640. The molecule has 8 nitrogen and oxygen atoms in total. The first-order valence-corrected chi connectivity index (χ1v) is 6.94. The molecule has 0 spiro atoms. The molecular weight excluding hydrogens is 292 g/mol. The van der Waals surface area contributed by atoms with E-state index in [1.54, 1.807) is 20.8 Å². The number of carbonyl (C=O) groups is 4. The molecule has 0 aromatic rings. The van der Waals surface area contributed by atoms with Crippen LogP contribution in [0.5, 0.6) is 0 Å². The summed E-state index contributed by atoms with van der Waals surface area (Å²) in [5, 5.41) is 13.6. The molecule has 0 aromatic carbocycles. The molecule has 126 valence electrons. The van der Waals surface area contributed by atoms with E-state index in [4.69, 9.17) is 9.84 Å². The number of alkyl carbamates (subject to hydrolysis) is 1. The molecule has 2 atom stereocenters. The topological polar surface area (TPSA) is 122 Å². The van der Waals surface area contributed by atoms with E-state index < -0.39 is 35.7 Å². The van der Waals surface area contributed by atoms with Crippen molar-refractivity contribution in [2.75, 3.05) is 0 Å². The Kier molecular flexibility index (Phi) is 7.55. The minimum Gasteiger partial charge on any atom is -0.480 e. The van der Waals surface area contributed by atoms with Gasteiger partial charge in [-0.2, -0.15) is 0 Å². The van der Waals surface area contributed by atoms with Crippen LogP contribution in [0.25, 0.3) is 0 Å². The monoisotopic (exact) mass is 316 g/mol. The smallest absolute Gasteiger partial charge is 0.408 e. The Balaban J connectivity index is 4.50. The number of ketones is 1. The van der Waals surface area contributed by atoms with E-state index in [9.17, 15) is 19.2 Å². The predicted molar refractivity (Wildman–Crippen MR) is 78.3 cm³/mol. The second kappa shape index (κ2) is 8.35. The average molecular weight is 316 g/mol. The Morgan fingerprint density at radius 1 is 1.14 bits per heavy atom. The molecule has 0 rings (SSSR count). The van der Waals surface area contributed by atoms with Crippen molar-refractivity contribution in [2.24, 2.45) is 0 Å². The van der Waals surface area contributed by atoms with Crippen molar-refractivity contribution in [3.63, 3.8) is 0 Å². The summed E-state index contributed by atoms with van der Waals surface area (Å²) in [6, 6.07) is -2.15. The average Bonchev–Trinajstić information content (AvgIpc) is 2.30. The number of ether oxygens (including phenoxy) is 1. The fourth-order valence-corrected chi connectivity index (χ4v) is 1.45. The van der Waals surface area contributed by atoms with Crippen LogP contribution in [-0.4, -0.2) is 46.5 Å². The normalized spacial score (nSPS) is 13.7. The van der Waals surface area contributed by atoms with Crippen molar-refractivity contribution in [3.05, 3.63) is 0 Å². The number of amides is 2. The van der Waals surface area contributed by atoms with Crippen LogP contribution in [0, 0.1) is 0 Å². The van der Waals surface area contributed by atoms with Gasteiger partial charge in [0.25, 0.3) is 0 Å². The van der Waals surface area contributed by atoms with Gasteiger partial charge in [-0.15, -0.1) is 0 Å². The first-order valence-electron chi connectivity index (χ1n) is 6.94. The van der Waals surface area contributed by atoms with Crippen molar-refractivity contribution in [2.45, 2.75) is 65.1 Å². The summed E-state index contributed by atoms with van der Waals surface area (Å²) < 4.78 is 5.00. The fourth-order valence-electron chi connectivity index (χ4n) is 1.45. The molecule has 0 aromatic heterocycles. The zero-order valence-electron chi connectivity index (χ0n) is 13.6. The fraction of sp³-hybridized carbons (Fsp3) is 0.714. The first kappa shape index (κ1) is 19.9. The molecule has 0 heterocycles. The highest BCUT2D eigenvalue weighted by Gasteiger charge is 2.25. The summed E-state index contributed by atoms with van der Waals surface area (Å²) in [4.78, 5) is 45.3. The van der Waals surface area contributed by atoms with Gasteiger partial charge < -0.3 is 25.3 Å². The van der Waals surface area contributed by atoms with Crippen LogP contribution in [0.15, 0.2) is 0 Å². The van der Waals surface area contributed by atoms with Gasteiger partial charge in [0.05, 0.1) is 0 Å². The maximum atomic E-state index is 11.9. The van der Waals surface area contributed by atoms with Crippen LogP contribution in [0.2, 0.25) is 0 Å². The molecule has 0 saturated carbocycles. The van der Waals surface area contributed by atoms with E-state index in [0.717, 1.165) is 0 Å². The molecule has 22 heavy (non-hydrogen) atoms. The number of carboxylic acid groups (broad SMARTS) is 1. The lowest BCUT2D eigenvalue weighted by molar-refractivity contribution is -0.142. The predicted octanol–water partition coefficient (Wildman–Crippen LogP) is 0.838. The molecule has 0 saturated heterocycles. The van der Waals surface area contributed by atoms with Crippen molar-refractivity contribution < 1.29 is 29.0 Å². The van der Waals surface area contributed by atoms with Gasteiger partial charge in [0.1, 0.15) is 23.5 Å². The van der Waals surface area contributed by atoms with Crippen molar-refractivity contribution in [3.8, 4) is 0 Å².